The van der Waals surface area contributed by atoms with Crippen molar-refractivity contribution in [2.24, 2.45) is 5.92 Å². The molecule has 0 radical (unpaired) electrons. The summed E-state index contributed by atoms with van der Waals surface area (Å²) in [5.41, 5.74) is 0.781. The van der Waals surface area contributed by atoms with E-state index < -0.39 is 0 Å². The van der Waals surface area contributed by atoms with Crippen LogP contribution in [0, 0.1) is 5.92 Å². The van der Waals surface area contributed by atoms with Crippen molar-refractivity contribution in [1.29, 1.82) is 0 Å². The van der Waals surface area contributed by atoms with Crippen molar-refractivity contribution < 1.29 is 14.3 Å². The average molecular weight is 340 g/mol. The van der Waals surface area contributed by atoms with Crippen LogP contribution in [0.25, 0.3) is 0 Å². The fraction of sp³-hybridized carbons (Fsp3) is 0.350. The van der Waals surface area contributed by atoms with Crippen molar-refractivity contribution in [3.8, 4) is 17.2 Å². The number of methoxy groups -OCH3 is 1. The van der Waals surface area contributed by atoms with Crippen LogP contribution in [0.1, 0.15) is 19.8 Å². The van der Waals surface area contributed by atoms with Gasteiger partial charge in [0, 0.05) is 17.6 Å². The van der Waals surface area contributed by atoms with E-state index in [1.54, 1.807) is 7.11 Å². The van der Waals surface area contributed by atoms with E-state index in [2.05, 4.69) is 17.6 Å². The van der Waals surface area contributed by atoms with Gasteiger partial charge in [-0.3, -0.25) is 4.79 Å². The van der Waals surface area contributed by atoms with Crippen LogP contribution in [0.3, 0.4) is 0 Å². The summed E-state index contributed by atoms with van der Waals surface area (Å²) in [4.78, 5) is 12.4. The highest BCUT2D eigenvalue weighted by Crippen LogP contribution is 2.31. The maximum Gasteiger partial charge on any atom is 0.227 e. The van der Waals surface area contributed by atoms with Gasteiger partial charge in [-0.25, -0.2) is 0 Å². The molecule has 0 unspecified atom stereocenters. The van der Waals surface area contributed by atoms with E-state index in [9.17, 15) is 4.79 Å². The van der Waals surface area contributed by atoms with Crippen LogP contribution in [-0.4, -0.2) is 25.6 Å². The predicted octanol–water partition coefficient (Wildman–Crippen LogP) is 3.81. The van der Waals surface area contributed by atoms with Gasteiger partial charge < -0.3 is 20.1 Å². The summed E-state index contributed by atoms with van der Waals surface area (Å²) >= 11 is 0. The topological polar surface area (TPSA) is 59.6 Å². The van der Waals surface area contributed by atoms with E-state index in [0.29, 0.717) is 23.3 Å². The van der Waals surface area contributed by atoms with Crippen molar-refractivity contribution in [3.05, 3.63) is 48.5 Å². The van der Waals surface area contributed by atoms with Crippen molar-refractivity contribution in [2.45, 2.75) is 25.8 Å². The molecule has 1 aliphatic heterocycles. The normalized spacial score (nSPS) is 19.9. The molecule has 0 aromatic heterocycles. The Bertz CT molecular complexity index is 715. The van der Waals surface area contributed by atoms with E-state index in [4.69, 9.17) is 9.47 Å². The molecule has 1 saturated heterocycles. The third-order valence-corrected chi connectivity index (χ3v) is 4.41. The highest BCUT2D eigenvalue weighted by atomic mass is 16.5. The van der Waals surface area contributed by atoms with Crippen molar-refractivity contribution in [3.63, 3.8) is 0 Å². The molecule has 2 aromatic rings. The molecular formula is C20H24N2O3. The van der Waals surface area contributed by atoms with Gasteiger partial charge >= 0.3 is 0 Å². The zero-order valence-corrected chi connectivity index (χ0v) is 14.6. The first-order valence-electron chi connectivity index (χ1n) is 8.61. The minimum absolute atomic E-state index is 0.0701. The van der Waals surface area contributed by atoms with E-state index in [0.717, 1.165) is 25.1 Å². The Hall–Kier alpha value is -2.53. The van der Waals surface area contributed by atoms with Gasteiger partial charge in [0.1, 0.15) is 5.75 Å². The average Bonchev–Trinajstić information content (AvgIpc) is 2.64. The maximum atomic E-state index is 12.4. The summed E-state index contributed by atoms with van der Waals surface area (Å²) in [5, 5.41) is 6.36. The van der Waals surface area contributed by atoms with E-state index in [1.807, 2.05) is 48.5 Å². The number of hydrogen-bond donors (Lipinski definition) is 2. The van der Waals surface area contributed by atoms with Gasteiger partial charge in [-0.15, -0.1) is 0 Å². The van der Waals surface area contributed by atoms with E-state index in [1.165, 1.54) is 0 Å². The van der Waals surface area contributed by atoms with Gasteiger partial charge in [0.25, 0.3) is 0 Å². The van der Waals surface area contributed by atoms with Crippen LogP contribution in [0.5, 0.6) is 17.2 Å². The Kier molecular flexibility index (Phi) is 5.56. The SMILES string of the molecule is COc1ccccc1Oc1ccc(NC(=O)[C@H]2CCN[C@@H](C)C2)cc1. The van der Waals surface area contributed by atoms with Gasteiger partial charge in [0.2, 0.25) is 5.91 Å². The molecule has 25 heavy (non-hydrogen) atoms. The first-order valence-corrected chi connectivity index (χ1v) is 8.61. The van der Waals surface area contributed by atoms with E-state index in [-0.39, 0.29) is 11.8 Å². The first kappa shape index (κ1) is 17.3. The molecule has 2 atom stereocenters. The van der Waals surface area contributed by atoms with Crippen LogP contribution in [-0.2, 0) is 4.79 Å². The van der Waals surface area contributed by atoms with Crippen LogP contribution in [0.15, 0.2) is 48.5 Å². The monoisotopic (exact) mass is 340 g/mol. The standard InChI is InChI=1S/C20H24N2O3/c1-14-13-15(11-12-21-14)20(23)22-16-7-9-17(10-8-16)25-19-6-4-3-5-18(19)24-2/h3-10,14-15,21H,11-13H2,1-2H3,(H,22,23)/t14-,15-/m0/s1. The lowest BCUT2D eigenvalue weighted by atomic mass is 9.92. The molecule has 1 amide bonds. The number of ether oxygens (including phenoxy) is 2. The highest BCUT2D eigenvalue weighted by Gasteiger charge is 2.24. The summed E-state index contributed by atoms with van der Waals surface area (Å²) in [6.07, 6.45) is 1.76. The molecule has 1 heterocycles. The Morgan fingerprint density at radius 3 is 2.52 bits per heavy atom. The maximum absolute atomic E-state index is 12.4. The third kappa shape index (κ3) is 4.51. The van der Waals surface area contributed by atoms with Gasteiger partial charge in [-0.05, 0) is 62.7 Å². The Balaban J connectivity index is 1.61. The lowest BCUT2D eigenvalue weighted by Gasteiger charge is -2.27. The molecule has 2 N–H and O–H groups in total. The van der Waals surface area contributed by atoms with Crippen LogP contribution >= 0.6 is 0 Å². The molecule has 1 aliphatic rings. The number of amides is 1. The number of anilines is 1. The minimum atomic E-state index is 0.0701. The van der Waals surface area contributed by atoms with Gasteiger partial charge in [-0.2, -0.15) is 0 Å². The third-order valence-electron chi connectivity index (χ3n) is 4.41. The first-order chi connectivity index (χ1) is 12.2. The number of carbonyl (C=O) groups excluding carboxylic acids is 1. The molecule has 0 spiro atoms. The van der Waals surface area contributed by atoms with E-state index >= 15 is 0 Å². The number of para-hydroxylation sites is 2. The number of hydrogen-bond acceptors (Lipinski definition) is 4. The molecule has 2 aromatic carbocycles. The Labute approximate surface area is 148 Å². The number of carbonyl (C=O) groups is 1. The number of rotatable bonds is 5. The summed E-state index contributed by atoms with van der Waals surface area (Å²) in [7, 11) is 1.61. The Morgan fingerprint density at radius 1 is 1.12 bits per heavy atom. The smallest absolute Gasteiger partial charge is 0.227 e. The van der Waals surface area contributed by atoms with Gasteiger partial charge in [0.05, 0.1) is 7.11 Å². The molecule has 5 nitrogen and oxygen atoms in total. The molecular weight excluding hydrogens is 316 g/mol. The van der Waals surface area contributed by atoms with Crippen LogP contribution in [0.2, 0.25) is 0 Å². The Morgan fingerprint density at radius 2 is 1.84 bits per heavy atom. The highest BCUT2D eigenvalue weighted by molar-refractivity contribution is 5.92. The van der Waals surface area contributed by atoms with Gasteiger partial charge in [0.15, 0.2) is 11.5 Å². The summed E-state index contributed by atoms with van der Waals surface area (Å²) in [5.74, 6) is 2.19. The second-order valence-corrected chi connectivity index (χ2v) is 6.34. The van der Waals surface area contributed by atoms with Gasteiger partial charge in [-0.1, -0.05) is 12.1 Å². The zero-order chi connectivity index (χ0) is 17.6. The minimum Gasteiger partial charge on any atom is -0.493 e. The second kappa shape index (κ2) is 8.03. The number of piperidine rings is 1. The summed E-state index contributed by atoms with van der Waals surface area (Å²) in [6.45, 7) is 3.01. The van der Waals surface area contributed by atoms with Crippen molar-refractivity contribution >= 4 is 11.6 Å². The molecule has 5 heteroatoms. The molecule has 1 fully saturated rings. The lowest BCUT2D eigenvalue weighted by Crippen LogP contribution is -2.40. The summed E-state index contributed by atoms with van der Waals surface area (Å²) in [6, 6.07) is 15.3. The van der Waals surface area contributed by atoms with Crippen molar-refractivity contribution in [1.82, 2.24) is 5.32 Å². The molecule has 132 valence electrons. The fourth-order valence-corrected chi connectivity index (χ4v) is 3.05. The zero-order valence-electron chi connectivity index (χ0n) is 14.6. The molecule has 0 bridgehead atoms. The number of nitrogens with one attached hydrogen (secondary N) is 2. The lowest BCUT2D eigenvalue weighted by molar-refractivity contribution is -0.120. The predicted molar refractivity (Wildman–Crippen MR) is 98.3 cm³/mol. The molecule has 0 saturated carbocycles. The largest absolute Gasteiger partial charge is 0.493 e. The fourth-order valence-electron chi connectivity index (χ4n) is 3.05. The van der Waals surface area contributed by atoms with Crippen molar-refractivity contribution in [2.75, 3.05) is 19.0 Å². The van der Waals surface area contributed by atoms with Crippen LogP contribution in [0.4, 0.5) is 5.69 Å². The second-order valence-electron chi connectivity index (χ2n) is 6.34. The van der Waals surface area contributed by atoms with Crippen LogP contribution < -0.4 is 20.1 Å². The molecule has 3 rings (SSSR count). The quantitative estimate of drug-likeness (QED) is 0.869. The summed E-state index contributed by atoms with van der Waals surface area (Å²) < 4.78 is 11.1. The molecule has 0 aliphatic carbocycles. The number of benzene rings is 2.